The van der Waals surface area contributed by atoms with Crippen LogP contribution >= 0.6 is 0 Å². The number of anilines is 1. The van der Waals surface area contributed by atoms with Crippen LogP contribution in [0.15, 0.2) is 29.3 Å². The molecule has 0 bridgehead atoms. The van der Waals surface area contributed by atoms with Crippen molar-refractivity contribution in [2.24, 2.45) is 10.7 Å². The molecule has 1 saturated carbocycles. The number of carbonyl (C=O) groups is 2. The number of aryl methyl sites for hydroxylation is 2. The van der Waals surface area contributed by atoms with Crippen molar-refractivity contribution >= 4 is 23.3 Å². The van der Waals surface area contributed by atoms with Gasteiger partial charge in [-0.05, 0) is 82.2 Å². The number of nitrogens with one attached hydrogen (secondary N) is 1. The third kappa shape index (κ3) is 6.67. The molecule has 1 unspecified atom stereocenters. The fourth-order valence-corrected chi connectivity index (χ4v) is 7.04. The fourth-order valence-electron chi connectivity index (χ4n) is 7.04. The summed E-state index contributed by atoms with van der Waals surface area (Å²) in [5.74, 6) is -0.889. The van der Waals surface area contributed by atoms with Crippen molar-refractivity contribution in [1.29, 1.82) is 0 Å². The van der Waals surface area contributed by atoms with Gasteiger partial charge in [0.1, 0.15) is 34.8 Å². The molecule has 1 atom stereocenters. The van der Waals surface area contributed by atoms with Gasteiger partial charge in [0, 0.05) is 53.5 Å². The molecule has 15 heteroatoms. The first-order valence-electron chi connectivity index (χ1n) is 16.7. The van der Waals surface area contributed by atoms with Gasteiger partial charge in [-0.25, -0.2) is 19.3 Å². The topological polar surface area (TPSA) is 145 Å². The highest BCUT2D eigenvalue weighted by molar-refractivity contribution is 6.16. The smallest absolute Gasteiger partial charge is 0.373 e. The SMILES string of the molecule is Cc1nc(CC(N)=O)nc(C)c1-c1cc(F)c(COC2CC2)c(N2CCC3(CC2)N=C(c2ccc(C(F)(F)F)nc2C2CCCO2)NC3=O)c1. The first-order valence-corrected chi connectivity index (χ1v) is 16.7. The number of carbonyl (C=O) groups excluding carboxylic acids is 2. The number of ether oxygens (including phenoxy) is 2. The van der Waals surface area contributed by atoms with E-state index in [4.69, 9.17) is 20.2 Å². The number of alkyl halides is 3. The van der Waals surface area contributed by atoms with Crippen LogP contribution in [0.4, 0.5) is 23.2 Å². The summed E-state index contributed by atoms with van der Waals surface area (Å²) >= 11 is 0. The Morgan fingerprint density at radius 2 is 1.82 bits per heavy atom. The number of nitrogens with zero attached hydrogens (tertiary/aromatic N) is 5. The molecule has 11 nitrogen and oxygen atoms in total. The monoisotopic (exact) mass is 695 g/mol. The number of halogens is 4. The summed E-state index contributed by atoms with van der Waals surface area (Å²) in [5, 5.41) is 2.82. The number of hydrogen-bond acceptors (Lipinski definition) is 9. The van der Waals surface area contributed by atoms with Crippen LogP contribution < -0.4 is 16.0 Å². The van der Waals surface area contributed by atoms with E-state index in [1.165, 1.54) is 12.1 Å². The zero-order chi connectivity index (χ0) is 35.4. The predicted molar refractivity (Wildman–Crippen MR) is 174 cm³/mol. The minimum Gasteiger partial charge on any atom is -0.373 e. The van der Waals surface area contributed by atoms with Crippen LogP contribution in [0, 0.1) is 19.7 Å². The molecule has 3 aromatic rings. The lowest BCUT2D eigenvalue weighted by Crippen LogP contribution is -2.49. The van der Waals surface area contributed by atoms with Gasteiger partial charge in [-0.15, -0.1) is 0 Å². The van der Waals surface area contributed by atoms with Gasteiger partial charge in [0.25, 0.3) is 5.91 Å². The highest BCUT2D eigenvalue weighted by Gasteiger charge is 2.47. The van der Waals surface area contributed by atoms with E-state index in [9.17, 15) is 22.8 Å². The maximum atomic E-state index is 16.0. The van der Waals surface area contributed by atoms with Gasteiger partial charge >= 0.3 is 6.18 Å². The van der Waals surface area contributed by atoms with Gasteiger partial charge in [-0.1, -0.05) is 0 Å². The van der Waals surface area contributed by atoms with Crippen molar-refractivity contribution in [1.82, 2.24) is 20.3 Å². The Bertz CT molecular complexity index is 1860. The molecule has 0 radical (unpaired) electrons. The van der Waals surface area contributed by atoms with E-state index in [0.29, 0.717) is 71.9 Å². The molecule has 3 fully saturated rings. The second kappa shape index (κ2) is 13.0. The average Bonchev–Trinajstić information content (AvgIpc) is 3.61. The lowest BCUT2D eigenvalue weighted by molar-refractivity contribution is -0.141. The van der Waals surface area contributed by atoms with E-state index in [-0.39, 0.29) is 55.2 Å². The number of pyridine rings is 1. The number of rotatable bonds is 9. The highest BCUT2D eigenvalue weighted by atomic mass is 19.4. The quantitative estimate of drug-likeness (QED) is 0.304. The Morgan fingerprint density at radius 1 is 1.10 bits per heavy atom. The van der Waals surface area contributed by atoms with E-state index in [1.807, 2.05) is 11.0 Å². The summed E-state index contributed by atoms with van der Waals surface area (Å²) in [6, 6.07) is 5.51. The Labute approximate surface area is 285 Å². The summed E-state index contributed by atoms with van der Waals surface area (Å²) < 4.78 is 68.4. The molecule has 264 valence electrons. The lowest BCUT2D eigenvalue weighted by Gasteiger charge is -2.38. The zero-order valence-corrected chi connectivity index (χ0v) is 27.7. The number of benzene rings is 1. The zero-order valence-electron chi connectivity index (χ0n) is 27.7. The number of aromatic nitrogens is 3. The first kappa shape index (κ1) is 34.0. The largest absolute Gasteiger partial charge is 0.433 e. The van der Waals surface area contributed by atoms with Gasteiger partial charge < -0.3 is 25.4 Å². The number of aliphatic imine (C=N–C) groups is 1. The summed E-state index contributed by atoms with van der Waals surface area (Å²) in [4.78, 5) is 44.7. The number of primary amides is 1. The second-order valence-corrected chi connectivity index (χ2v) is 13.4. The number of hydrogen-bond donors (Lipinski definition) is 2. The molecule has 7 rings (SSSR count). The molecule has 3 N–H and O–H groups in total. The first-order chi connectivity index (χ1) is 23.8. The summed E-state index contributed by atoms with van der Waals surface area (Å²) in [6.07, 6.45) is -1.70. The molecule has 4 aliphatic rings. The van der Waals surface area contributed by atoms with Crippen molar-refractivity contribution in [2.75, 3.05) is 24.6 Å². The Hall–Kier alpha value is -4.50. The summed E-state index contributed by atoms with van der Waals surface area (Å²) in [5.41, 5.74) is 6.93. The van der Waals surface area contributed by atoms with Crippen LogP contribution in [-0.4, -0.2) is 63.9 Å². The Morgan fingerprint density at radius 3 is 2.44 bits per heavy atom. The van der Waals surface area contributed by atoms with E-state index in [2.05, 4.69) is 20.3 Å². The maximum absolute atomic E-state index is 16.0. The number of amides is 2. The second-order valence-electron chi connectivity index (χ2n) is 13.4. The van der Waals surface area contributed by atoms with Crippen molar-refractivity contribution in [2.45, 2.75) is 89.3 Å². The van der Waals surface area contributed by atoms with Gasteiger partial charge in [-0.2, -0.15) is 13.2 Å². The fraction of sp³-hybridized carbons (Fsp3) is 0.486. The third-order valence-corrected chi connectivity index (χ3v) is 9.71. The van der Waals surface area contributed by atoms with Gasteiger partial charge in [0.15, 0.2) is 0 Å². The van der Waals surface area contributed by atoms with Gasteiger partial charge in [-0.3, -0.25) is 14.6 Å². The van der Waals surface area contributed by atoms with Crippen molar-refractivity contribution < 1.29 is 36.6 Å². The Kier molecular flexibility index (Phi) is 8.83. The van der Waals surface area contributed by atoms with E-state index >= 15 is 4.39 Å². The molecular formula is C35H37F4N7O4. The normalized spacial score (nSPS) is 20.4. The lowest BCUT2D eigenvalue weighted by atomic mass is 9.87. The molecule has 3 aliphatic heterocycles. The molecular weight excluding hydrogens is 658 g/mol. The van der Waals surface area contributed by atoms with Crippen molar-refractivity contribution in [3.05, 3.63) is 69.8 Å². The van der Waals surface area contributed by atoms with Crippen LogP contribution in [-0.2, 0) is 38.3 Å². The molecule has 1 spiro atoms. The van der Waals surface area contributed by atoms with Crippen LogP contribution in [0.1, 0.15) is 84.4 Å². The molecule has 2 amide bonds. The summed E-state index contributed by atoms with van der Waals surface area (Å²) in [6.45, 7) is 4.72. The van der Waals surface area contributed by atoms with E-state index in [1.54, 1.807) is 13.8 Å². The van der Waals surface area contributed by atoms with E-state index < -0.39 is 35.2 Å². The molecule has 1 aliphatic carbocycles. The standard InChI is InChI=1S/C35H37F4N7O4/c1-18-30(19(2)42-29(41-18)16-28(40)47)20-14-24(36)23(17-50-21-5-6-21)25(15-20)46-11-9-34(10-12-46)33(48)44-32(45-34)22-7-8-27(35(37,38)39)43-31(22)26-4-3-13-49-26/h7-8,14-15,21,26H,3-6,9-13,16-17H2,1-2H3,(H2,40,47)(H,44,45,48). The van der Waals surface area contributed by atoms with Crippen molar-refractivity contribution in [3.8, 4) is 11.1 Å². The molecule has 2 saturated heterocycles. The third-order valence-electron chi connectivity index (χ3n) is 9.71. The number of nitrogens with two attached hydrogens (primary N) is 1. The van der Waals surface area contributed by atoms with Crippen LogP contribution in [0.3, 0.4) is 0 Å². The van der Waals surface area contributed by atoms with Gasteiger partial charge in [0.2, 0.25) is 5.91 Å². The molecule has 5 heterocycles. The Balaban J connectivity index is 1.19. The molecule has 1 aromatic carbocycles. The van der Waals surface area contributed by atoms with Crippen molar-refractivity contribution in [3.63, 3.8) is 0 Å². The maximum Gasteiger partial charge on any atom is 0.433 e. The van der Waals surface area contributed by atoms with Crippen LogP contribution in [0.2, 0.25) is 0 Å². The average molecular weight is 696 g/mol. The van der Waals surface area contributed by atoms with Gasteiger partial charge in [0.05, 0.1) is 24.8 Å². The minimum absolute atomic E-state index is 0.0789. The molecule has 2 aromatic heterocycles. The number of amidine groups is 1. The minimum atomic E-state index is -4.64. The summed E-state index contributed by atoms with van der Waals surface area (Å²) in [7, 11) is 0. The van der Waals surface area contributed by atoms with Crippen LogP contribution in [0.5, 0.6) is 0 Å². The number of piperidine rings is 1. The highest BCUT2D eigenvalue weighted by Crippen LogP contribution is 2.40. The van der Waals surface area contributed by atoms with Crippen LogP contribution in [0.25, 0.3) is 11.1 Å². The predicted octanol–water partition coefficient (Wildman–Crippen LogP) is 4.79. The molecule has 50 heavy (non-hydrogen) atoms. The van der Waals surface area contributed by atoms with E-state index in [0.717, 1.165) is 18.9 Å².